The average Bonchev–Trinajstić information content (AvgIpc) is 2.39. The molecule has 2 nitrogen and oxygen atoms in total. The van der Waals surface area contributed by atoms with Gasteiger partial charge in [0.25, 0.3) is 0 Å². The second-order valence-electron chi connectivity index (χ2n) is 8.41. The van der Waals surface area contributed by atoms with Crippen molar-refractivity contribution in [2.75, 3.05) is 19.6 Å². The van der Waals surface area contributed by atoms with Gasteiger partial charge in [0.2, 0.25) is 0 Å². The summed E-state index contributed by atoms with van der Waals surface area (Å²) in [5.74, 6) is 0. The maximum Gasteiger partial charge on any atom is 0.00965 e. The molecule has 1 saturated carbocycles. The predicted octanol–water partition coefficient (Wildman–Crippen LogP) is 4.20. The Morgan fingerprint density at radius 1 is 1.00 bits per heavy atom. The van der Waals surface area contributed by atoms with Gasteiger partial charge in [0.1, 0.15) is 0 Å². The van der Waals surface area contributed by atoms with Gasteiger partial charge in [0.05, 0.1) is 0 Å². The number of nitrogens with zero attached hydrogens (tertiary/aromatic N) is 1. The summed E-state index contributed by atoms with van der Waals surface area (Å²) in [4.78, 5) is 2.74. The first-order valence-corrected chi connectivity index (χ1v) is 8.89. The Morgan fingerprint density at radius 3 is 2.15 bits per heavy atom. The van der Waals surface area contributed by atoms with Gasteiger partial charge in [0.15, 0.2) is 0 Å². The van der Waals surface area contributed by atoms with Crippen LogP contribution in [0.2, 0.25) is 0 Å². The lowest BCUT2D eigenvalue weighted by Crippen LogP contribution is -2.46. The Balaban J connectivity index is 1.70. The highest BCUT2D eigenvalue weighted by atomic mass is 15.2. The summed E-state index contributed by atoms with van der Waals surface area (Å²) >= 11 is 0. The number of hydrogen-bond acceptors (Lipinski definition) is 2. The van der Waals surface area contributed by atoms with Crippen molar-refractivity contribution in [2.24, 2.45) is 5.41 Å². The van der Waals surface area contributed by atoms with E-state index in [1.807, 2.05) is 0 Å². The molecule has 1 atom stereocenters. The first kappa shape index (κ1) is 16.3. The summed E-state index contributed by atoms with van der Waals surface area (Å²) in [5.41, 5.74) is 1.01. The minimum Gasteiger partial charge on any atom is -0.312 e. The van der Waals surface area contributed by atoms with E-state index >= 15 is 0 Å². The van der Waals surface area contributed by atoms with E-state index in [2.05, 4.69) is 37.9 Å². The van der Waals surface area contributed by atoms with Crippen LogP contribution >= 0.6 is 0 Å². The Kier molecular flexibility index (Phi) is 5.53. The van der Waals surface area contributed by atoms with E-state index in [4.69, 9.17) is 0 Å². The normalized spacial score (nSPS) is 25.8. The molecule has 2 aliphatic rings. The van der Waals surface area contributed by atoms with Crippen molar-refractivity contribution in [1.29, 1.82) is 0 Å². The molecule has 1 aliphatic heterocycles. The third kappa shape index (κ3) is 4.73. The zero-order valence-electron chi connectivity index (χ0n) is 14.3. The zero-order valence-corrected chi connectivity index (χ0v) is 14.3. The van der Waals surface area contributed by atoms with Crippen LogP contribution in [0.15, 0.2) is 0 Å². The van der Waals surface area contributed by atoms with Crippen LogP contribution in [0.4, 0.5) is 0 Å². The summed E-state index contributed by atoms with van der Waals surface area (Å²) in [5, 5.41) is 3.62. The summed E-state index contributed by atoms with van der Waals surface area (Å²) in [6, 6.07) is 0.741. The quantitative estimate of drug-likeness (QED) is 0.830. The third-order valence-electron chi connectivity index (χ3n) is 5.61. The van der Waals surface area contributed by atoms with Crippen molar-refractivity contribution in [2.45, 2.75) is 90.6 Å². The molecule has 1 spiro atoms. The van der Waals surface area contributed by atoms with Gasteiger partial charge in [-0.2, -0.15) is 0 Å². The molecule has 1 heterocycles. The lowest BCUT2D eigenvalue weighted by Gasteiger charge is -2.46. The molecule has 1 unspecified atom stereocenters. The summed E-state index contributed by atoms with van der Waals surface area (Å²) in [6.45, 7) is 13.0. The fourth-order valence-electron chi connectivity index (χ4n) is 4.08. The van der Waals surface area contributed by atoms with Crippen LogP contribution in [0.1, 0.15) is 79.1 Å². The largest absolute Gasteiger partial charge is 0.312 e. The van der Waals surface area contributed by atoms with Gasteiger partial charge >= 0.3 is 0 Å². The second-order valence-corrected chi connectivity index (χ2v) is 8.41. The molecular weight excluding hydrogens is 244 g/mol. The number of nitrogens with one attached hydrogen (secondary N) is 1. The maximum absolute atomic E-state index is 3.62. The monoisotopic (exact) mass is 280 g/mol. The Bertz CT molecular complexity index is 276. The summed E-state index contributed by atoms with van der Waals surface area (Å²) in [6.07, 6.45) is 11.7. The molecule has 0 amide bonds. The van der Waals surface area contributed by atoms with E-state index in [1.54, 1.807) is 0 Å². The van der Waals surface area contributed by atoms with Crippen molar-refractivity contribution in [3.05, 3.63) is 0 Å². The number of rotatable bonds is 4. The predicted molar refractivity (Wildman–Crippen MR) is 88.2 cm³/mol. The van der Waals surface area contributed by atoms with Crippen molar-refractivity contribution in [3.63, 3.8) is 0 Å². The smallest absolute Gasteiger partial charge is 0.00965 e. The standard InChI is InChI=1S/C18H36N2/c1-16(8-13-19-17(2,3)4)20-14-11-18(12-15-20)9-6-5-7-10-18/h16,19H,5-15H2,1-4H3. The number of piperidine rings is 1. The van der Waals surface area contributed by atoms with Crippen LogP contribution in [0, 0.1) is 5.41 Å². The van der Waals surface area contributed by atoms with Crippen molar-refractivity contribution in [1.82, 2.24) is 10.2 Å². The molecule has 1 N–H and O–H groups in total. The Hall–Kier alpha value is -0.0800. The maximum atomic E-state index is 3.62. The minimum atomic E-state index is 0.258. The van der Waals surface area contributed by atoms with E-state index in [-0.39, 0.29) is 5.54 Å². The second kappa shape index (κ2) is 6.79. The molecule has 2 rings (SSSR count). The molecule has 0 bridgehead atoms. The van der Waals surface area contributed by atoms with Crippen LogP contribution in [0.5, 0.6) is 0 Å². The van der Waals surface area contributed by atoms with E-state index in [0.717, 1.165) is 18.0 Å². The first-order chi connectivity index (χ1) is 9.40. The highest BCUT2D eigenvalue weighted by Crippen LogP contribution is 2.44. The first-order valence-electron chi connectivity index (χ1n) is 8.89. The van der Waals surface area contributed by atoms with Crippen LogP contribution in [0.25, 0.3) is 0 Å². The van der Waals surface area contributed by atoms with E-state index in [9.17, 15) is 0 Å². The molecule has 2 heteroatoms. The summed E-state index contributed by atoms with van der Waals surface area (Å²) in [7, 11) is 0. The SMILES string of the molecule is CC(CCNC(C)(C)C)N1CCC2(CCCCC2)CC1. The van der Waals surface area contributed by atoms with Gasteiger partial charge in [-0.15, -0.1) is 0 Å². The zero-order chi connectivity index (χ0) is 14.6. The highest BCUT2D eigenvalue weighted by molar-refractivity contribution is 4.89. The lowest BCUT2D eigenvalue weighted by atomic mass is 9.68. The van der Waals surface area contributed by atoms with Gasteiger partial charge in [-0.05, 0) is 84.8 Å². The van der Waals surface area contributed by atoms with E-state index in [1.165, 1.54) is 64.5 Å². The summed E-state index contributed by atoms with van der Waals surface area (Å²) < 4.78 is 0. The number of likely N-dealkylation sites (tertiary alicyclic amines) is 1. The molecule has 20 heavy (non-hydrogen) atoms. The third-order valence-corrected chi connectivity index (χ3v) is 5.61. The van der Waals surface area contributed by atoms with Gasteiger partial charge in [-0.1, -0.05) is 19.3 Å². The average molecular weight is 280 g/mol. The van der Waals surface area contributed by atoms with Crippen LogP contribution in [-0.4, -0.2) is 36.1 Å². The fraction of sp³-hybridized carbons (Fsp3) is 1.00. The highest BCUT2D eigenvalue weighted by Gasteiger charge is 2.36. The molecule has 0 aromatic rings. The molecule has 1 saturated heterocycles. The van der Waals surface area contributed by atoms with Gasteiger partial charge in [-0.25, -0.2) is 0 Å². The van der Waals surface area contributed by atoms with Gasteiger partial charge in [-0.3, -0.25) is 0 Å². The molecular formula is C18H36N2. The molecule has 0 aromatic carbocycles. The fourth-order valence-corrected chi connectivity index (χ4v) is 4.08. The molecule has 0 aromatic heterocycles. The van der Waals surface area contributed by atoms with Crippen molar-refractivity contribution < 1.29 is 0 Å². The number of hydrogen-bond donors (Lipinski definition) is 1. The van der Waals surface area contributed by atoms with E-state index < -0.39 is 0 Å². The van der Waals surface area contributed by atoms with Crippen LogP contribution < -0.4 is 5.32 Å². The topological polar surface area (TPSA) is 15.3 Å². The molecule has 118 valence electrons. The minimum absolute atomic E-state index is 0.258. The molecule has 1 aliphatic carbocycles. The van der Waals surface area contributed by atoms with Crippen LogP contribution in [-0.2, 0) is 0 Å². The Labute approximate surface area is 126 Å². The van der Waals surface area contributed by atoms with E-state index in [0.29, 0.717) is 0 Å². The van der Waals surface area contributed by atoms with Gasteiger partial charge in [0, 0.05) is 11.6 Å². The van der Waals surface area contributed by atoms with Gasteiger partial charge < -0.3 is 10.2 Å². The molecule has 2 fully saturated rings. The lowest BCUT2D eigenvalue weighted by molar-refractivity contribution is 0.0468. The molecule has 0 radical (unpaired) electrons. The van der Waals surface area contributed by atoms with Crippen molar-refractivity contribution in [3.8, 4) is 0 Å². The van der Waals surface area contributed by atoms with Crippen molar-refractivity contribution >= 4 is 0 Å². The van der Waals surface area contributed by atoms with Crippen LogP contribution in [0.3, 0.4) is 0 Å². The Morgan fingerprint density at radius 2 is 1.60 bits per heavy atom.